The summed E-state index contributed by atoms with van der Waals surface area (Å²) < 4.78 is 52.6. The Labute approximate surface area is 151 Å². The summed E-state index contributed by atoms with van der Waals surface area (Å²) in [5, 5.41) is 2.85. The fourth-order valence-corrected chi connectivity index (χ4v) is 4.68. The van der Waals surface area contributed by atoms with Crippen LogP contribution in [-0.2, 0) is 14.8 Å². The Hall–Kier alpha value is -1.58. The number of sulfonamides is 1. The zero-order chi connectivity index (χ0) is 18.9. The monoisotopic (exact) mass is 387 g/mol. The Bertz CT molecular complexity index is 775. The number of nitrogens with two attached hydrogens (primary N) is 1. The van der Waals surface area contributed by atoms with E-state index in [1.165, 1.54) is 4.31 Å². The molecule has 9 heteroatoms. The summed E-state index contributed by atoms with van der Waals surface area (Å²) in [6.45, 7) is 0.763. The Morgan fingerprint density at radius 3 is 2.42 bits per heavy atom. The molecule has 1 aromatic carbocycles. The van der Waals surface area contributed by atoms with Gasteiger partial charge in [0.15, 0.2) is 11.6 Å². The average Bonchev–Trinajstić information content (AvgIpc) is 3.47. The van der Waals surface area contributed by atoms with Gasteiger partial charge in [-0.25, -0.2) is 17.2 Å². The SMILES string of the molecule is NC(CNC(=O)C1CCN(S(=O)(=O)c2ccc(F)c(F)c2)CC1)C1CC1. The van der Waals surface area contributed by atoms with E-state index in [0.717, 1.165) is 25.0 Å². The van der Waals surface area contributed by atoms with E-state index in [1.54, 1.807) is 0 Å². The quantitative estimate of drug-likeness (QED) is 0.768. The molecule has 1 saturated carbocycles. The summed E-state index contributed by atoms with van der Waals surface area (Å²) in [6.07, 6.45) is 2.98. The van der Waals surface area contributed by atoms with Gasteiger partial charge in [-0.1, -0.05) is 0 Å². The van der Waals surface area contributed by atoms with Gasteiger partial charge < -0.3 is 11.1 Å². The van der Waals surface area contributed by atoms with E-state index < -0.39 is 21.7 Å². The van der Waals surface area contributed by atoms with Crippen molar-refractivity contribution in [3.63, 3.8) is 0 Å². The van der Waals surface area contributed by atoms with Gasteiger partial charge in [-0.2, -0.15) is 4.31 Å². The molecule has 1 amide bonds. The number of nitrogens with one attached hydrogen (secondary N) is 1. The molecule has 0 bridgehead atoms. The molecule has 1 heterocycles. The molecule has 0 radical (unpaired) electrons. The second kappa shape index (κ2) is 7.58. The normalized spacial score (nSPS) is 20.7. The molecule has 2 aliphatic rings. The van der Waals surface area contributed by atoms with Crippen LogP contribution >= 0.6 is 0 Å². The van der Waals surface area contributed by atoms with Crippen LogP contribution in [0.5, 0.6) is 0 Å². The maximum absolute atomic E-state index is 13.3. The Morgan fingerprint density at radius 1 is 1.19 bits per heavy atom. The third-order valence-corrected chi connectivity index (χ3v) is 6.99. The molecule has 1 aromatic rings. The molecule has 3 rings (SSSR count). The van der Waals surface area contributed by atoms with Gasteiger partial charge in [0.25, 0.3) is 0 Å². The molecule has 1 aliphatic carbocycles. The summed E-state index contributed by atoms with van der Waals surface area (Å²) in [5.41, 5.74) is 5.96. The molecule has 1 atom stereocenters. The maximum Gasteiger partial charge on any atom is 0.243 e. The standard InChI is InChI=1S/C17H23F2N3O3S/c18-14-4-3-13(9-15(14)19)26(24,25)22-7-5-12(6-8-22)17(23)21-10-16(20)11-1-2-11/h3-4,9,11-12,16H,1-2,5-8,10,20H2,(H,21,23). The molecule has 0 spiro atoms. The molecular formula is C17H23F2N3O3S. The first-order valence-corrected chi connectivity index (χ1v) is 10.2. The van der Waals surface area contributed by atoms with Crippen molar-refractivity contribution >= 4 is 15.9 Å². The number of rotatable bonds is 6. The second-order valence-corrected chi connectivity index (χ2v) is 8.94. The number of carbonyl (C=O) groups excluding carboxylic acids is 1. The van der Waals surface area contributed by atoms with Crippen molar-refractivity contribution in [2.24, 2.45) is 17.6 Å². The summed E-state index contributed by atoms with van der Waals surface area (Å²) in [7, 11) is -3.90. The molecule has 0 aromatic heterocycles. The largest absolute Gasteiger partial charge is 0.354 e. The van der Waals surface area contributed by atoms with Crippen molar-refractivity contribution in [1.82, 2.24) is 9.62 Å². The highest BCUT2D eigenvalue weighted by Crippen LogP contribution is 2.31. The van der Waals surface area contributed by atoms with E-state index in [9.17, 15) is 22.0 Å². The Kier molecular flexibility index (Phi) is 5.59. The van der Waals surface area contributed by atoms with Crippen LogP contribution in [0.4, 0.5) is 8.78 Å². The minimum Gasteiger partial charge on any atom is -0.354 e. The van der Waals surface area contributed by atoms with Gasteiger partial charge in [0.2, 0.25) is 15.9 Å². The molecule has 1 unspecified atom stereocenters. The van der Waals surface area contributed by atoms with Crippen LogP contribution in [0.1, 0.15) is 25.7 Å². The molecule has 3 N–H and O–H groups in total. The highest BCUT2D eigenvalue weighted by atomic mass is 32.2. The highest BCUT2D eigenvalue weighted by Gasteiger charge is 2.33. The minimum atomic E-state index is -3.90. The first-order valence-electron chi connectivity index (χ1n) is 8.77. The van der Waals surface area contributed by atoms with E-state index in [-0.39, 0.29) is 35.9 Å². The number of hydrogen-bond donors (Lipinski definition) is 2. The van der Waals surface area contributed by atoms with E-state index >= 15 is 0 Å². The number of piperidine rings is 1. The third-order valence-electron chi connectivity index (χ3n) is 5.09. The third kappa shape index (κ3) is 4.21. The average molecular weight is 387 g/mol. The lowest BCUT2D eigenvalue weighted by molar-refractivity contribution is -0.126. The molecule has 144 valence electrons. The van der Waals surface area contributed by atoms with Crippen LogP contribution in [0.3, 0.4) is 0 Å². The summed E-state index contributed by atoms with van der Waals surface area (Å²) >= 11 is 0. The molecule has 1 aliphatic heterocycles. The first-order chi connectivity index (χ1) is 12.3. The van der Waals surface area contributed by atoms with Crippen molar-refractivity contribution in [1.29, 1.82) is 0 Å². The van der Waals surface area contributed by atoms with Gasteiger partial charge in [0, 0.05) is 31.6 Å². The number of halogens is 2. The first kappa shape index (κ1) is 19.2. The molecule has 6 nitrogen and oxygen atoms in total. The maximum atomic E-state index is 13.3. The van der Waals surface area contributed by atoms with Gasteiger partial charge >= 0.3 is 0 Å². The summed E-state index contributed by atoms with van der Waals surface area (Å²) in [6, 6.07) is 2.51. The van der Waals surface area contributed by atoms with Crippen molar-refractivity contribution in [2.75, 3.05) is 19.6 Å². The number of benzene rings is 1. The number of carbonyl (C=O) groups is 1. The van der Waals surface area contributed by atoms with Crippen LogP contribution in [0, 0.1) is 23.5 Å². The summed E-state index contributed by atoms with van der Waals surface area (Å²) in [4.78, 5) is 11.9. The van der Waals surface area contributed by atoms with E-state index in [1.807, 2.05) is 0 Å². The van der Waals surface area contributed by atoms with Gasteiger partial charge in [0.05, 0.1) is 4.90 Å². The van der Waals surface area contributed by atoms with Gasteiger partial charge in [0.1, 0.15) is 0 Å². The lowest BCUT2D eigenvalue weighted by Crippen LogP contribution is -2.45. The lowest BCUT2D eigenvalue weighted by Gasteiger charge is -2.30. The number of nitrogens with zero attached hydrogens (tertiary/aromatic N) is 1. The number of amides is 1. The van der Waals surface area contributed by atoms with Crippen molar-refractivity contribution in [3.8, 4) is 0 Å². The van der Waals surface area contributed by atoms with Crippen molar-refractivity contribution < 1.29 is 22.0 Å². The van der Waals surface area contributed by atoms with E-state index in [2.05, 4.69) is 5.32 Å². The number of hydrogen-bond acceptors (Lipinski definition) is 4. The van der Waals surface area contributed by atoms with Gasteiger partial charge in [-0.3, -0.25) is 4.79 Å². The predicted molar refractivity (Wildman–Crippen MR) is 91.5 cm³/mol. The fourth-order valence-electron chi connectivity index (χ4n) is 3.20. The fraction of sp³-hybridized carbons (Fsp3) is 0.588. The van der Waals surface area contributed by atoms with Crippen LogP contribution in [0.15, 0.2) is 23.1 Å². The molecular weight excluding hydrogens is 364 g/mol. The van der Waals surface area contributed by atoms with E-state index in [0.29, 0.717) is 31.4 Å². The van der Waals surface area contributed by atoms with Gasteiger partial charge in [-0.05, 0) is 49.8 Å². The van der Waals surface area contributed by atoms with Crippen LogP contribution in [0.25, 0.3) is 0 Å². The topological polar surface area (TPSA) is 92.5 Å². The van der Waals surface area contributed by atoms with Crippen LogP contribution in [0.2, 0.25) is 0 Å². The van der Waals surface area contributed by atoms with E-state index in [4.69, 9.17) is 5.73 Å². The zero-order valence-corrected chi connectivity index (χ0v) is 15.1. The van der Waals surface area contributed by atoms with Crippen molar-refractivity contribution in [3.05, 3.63) is 29.8 Å². The molecule has 26 heavy (non-hydrogen) atoms. The Morgan fingerprint density at radius 2 is 1.85 bits per heavy atom. The van der Waals surface area contributed by atoms with Gasteiger partial charge in [-0.15, -0.1) is 0 Å². The molecule has 2 fully saturated rings. The highest BCUT2D eigenvalue weighted by molar-refractivity contribution is 7.89. The zero-order valence-electron chi connectivity index (χ0n) is 14.3. The molecule has 1 saturated heterocycles. The van der Waals surface area contributed by atoms with Crippen molar-refractivity contribution in [2.45, 2.75) is 36.6 Å². The second-order valence-electron chi connectivity index (χ2n) is 7.00. The predicted octanol–water partition coefficient (Wildman–Crippen LogP) is 1.22. The van der Waals surface area contributed by atoms with Crippen LogP contribution < -0.4 is 11.1 Å². The smallest absolute Gasteiger partial charge is 0.243 e. The minimum absolute atomic E-state index is 0.0206. The lowest BCUT2D eigenvalue weighted by atomic mass is 9.97. The van der Waals surface area contributed by atoms with Crippen LogP contribution in [-0.4, -0.2) is 44.3 Å². The summed E-state index contributed by atoms with van der Waals surface area (Å²) in [5.74, 6) is -2.17. The Balaban J connectivity index is 1.55.